The van der Waals surface area contributed by atoms with Crippen LogP contribution in [0.15, 0.2) is 224 Å². The molecule has 0 N–H and O–H groups in total. The van der Waals surface area contributed by atoms with Crippen LogP contribution in [-0.4, -0.2) is 4.57 Å². The number of aryl methyl sites for hydroxylation is 1. The van der Waals surface area contributed by atoms with Gasteiger partial charge in [-0.25, -0.2) is 0 Å². The fourth-order valence-corrected chi connectivity index (χ4v) is 8.14. The van der Waals surface area contributed by atoms with Crippen molar-refractivity contribution in [3.63, 3.8) is 0 Å². The Morgan fingerprint density at radius 3 is 1.37 bits per heavy atom. The highest BCUT2D eigenvalue weighted by molar-refractivity contribution is 6.10. The van der Waals surface area contributed by atoms with Crippen LogP contribution >= 0.6 is 0 Å². The first-order chi connectivity index (χ1) is 28.2. The molecule has 0 amide bonds. The first-order valence-electron chi connectivity index (χ1n) is 19.6. The summed E-state index contributed by atoms with van der Waals surface area (Å²) >= 11 is 0. The Morgan fingerprint density at radius 2 is 0.719 bits per heavy atom. The maximum Gasteiger partial charge on any atom is 0.0541 e. The van der Waals surface area contributed by atoms with E-state index in [0.717, 1.165) is 22.7 Å². The first-order valence-corrected chi connectivity index (χ1v) is 19.6. The van der Waals surface area contributed by atoms with E-state index >= 15 is 0 Å². The lowest BCUT2D eigenvalue weighted by atomic mass is 9.98. The highest BCUT2D eigenvalue weighted by atomic mass is 15.1. The molecule has 0 spiro atoms. The van der Waals surface area contributed by atoms with Gasteiger partial charge < -0.3 is 9.47 Å². The van der Waals surface area contributed by atoms with Crippen LogP contribution < -0.4 is 4.90 Å². The standard InChI is InChI=1S/C55H40N2/c1-39-22-29-48(30-23-39)56(49-31-24-42(25-32-49)40-12-4-2-5-13-40)50-33-26-43(27-34-50)44-16-10-17-45(36-44)46-18-11-19-51(37-46)57-54-21-9-8-20-52(54)53-38-47(28-35-55(53)57)41-14-6-3-7-15-41/h2-38H,1H3. The van der Waals surface area contributed by atoms with Crippen LogP contribution in [0, 0.1) is 6.92 Å². The molecule has 1 aromatic heterocycles. The van der Waals surface area contributed by atoms with Gasteiger partial charge in [-0.3, -0.25) is 0 Å². The first kappa shape index (κ1) is 34.1. The number of fused-ring (bicyclic) bond motifs is 3. The molecule has 1 heterocycles. The van der Waals surface area contributed by atoms with Crippen molar-refractivity contribution in [1.82, 2.24) is 4.57 Å². The average Bonchev–Trinajstić information content (AvgIpc) is 3.62. The maximum absolute atomic E-state index is 2.40. The number of hydrogen-bond acceptors (Lipinski definition) is 1. The van der Waals surface area contributed by atoms with Gasteiger partial charge in [0, 0.05) is 33.5 Å². The maximum atomic E-state index is 2.40. The molecule has 0 atom stereocenters. The van der Waals surface area contributed by atoms with Crippen molar-refractivity contribution >= 4 is 38.9 Å². The molecule has 0 fully saturated rings. The molecular formula is C55H40N2. The van der Waals surface area contributed by atoms with Crippen LogP contribution in [-0.2, 0) is 0 Å². The van der Waals surface area contributed by atoms with Crippen LogP contribution in [0.5, 0.6) is 0 Å². The molecule has 0 aliphatic carbocycles. The Kier molecular flexibility index (Phi) is 8.78. The molecule has 0 unspecified atom stereocenters. The van der Waals surface area contributed by atoms with Gasteiger partial charge >= 0.3 is 0 Å². The molecule has 0 radical (unpaired) electrons. The van der Waals surface area contributed by atoms with E-state index in [-0.39, 0.29) is 0 Å². The lowest BCUT2D eigenvalue weighted by Gasteiger charge is -2.26. The molecule has 0 bridgehead atoms. The molecule has 2 heteroatoms. The van der Waals surface area contributed by atoms with E-state index < -0.39 is 0 Å². The fourth-order valence-electron chi connectivity index (χ4n) is 8.14. The van der Waals surface area contributed by atoms with E-state index in [1.807, 2.05) is 0 Å². The van der Waals surface area contributed by atoms with Crippen molar-refractivity contribution in [2.24, 2.45) is 0 Å². The fraction of sp³-hybridized carbons (Fsp3) is 0.0182. The topological polar surface area (TPSA) is 8.17 Å². The summed E-state index contributed by atoms with van der Waals surface area (Å²) in [5.41, 5.74) is 17.8. The van der Waals surface area contributed by atoms with E-state index in [1.54, 1.807) is 0 Å². The molecule has 0 saturated heterocycles. The number of benzene rings is 9. The van der Waals surface area contributed by atoms with Crippen LogP contribution in [0.4, 0.5) is 17.1 Å². The molecule has 0 aliphatic heterocycles. The van der Waals surface area contributed by atoms with Crippen molar-refractivity contribution in [3.05, 3.63) is 230 Å². The molecular weight excluding hydrogens is 689 g/mol. The Balaban J connectivity index is 0.979. The smallest absolute Gasteiger partial charge is 0.0541 e. The van der Waals surface area contributed by atoms with Gasteiger partial charge in [-0.2, -0.15) is 0 Å². The second-order valence-corrected chi connectivity index (χ2v) is 14.7. The van der Waals surface area contributed by atoms with Crippen LogP contribution in [0.2, 0.25) is 0 Å². The Labute approximate surface area is 334 Å². The van der Waals surface area contributed by atoms with Gasteiger partial charge in [0.2, 0.25) is 0 Å². The average molecular weight is 729 g/mol. The normalized spacial score (nSPS) is 11.2. The van der Waals surface area contributed by atoms with Gasteiger partial charge in [0.05, 0.1) is 11.0 Å². The molecule has 10 rings (SSSR count). The minimum absolute atomic E-state index is 1.11. The van der Waals surface area contributed by atoms with E-state index in [1.165, 1.54) is 71.9 Å². The largest absolute Gasteiger partial charge is 0.311 e. The van der Waals surface area contributed by atoms with Gasteiger partial charge in [-0.15, -0.1) is 0 Å². The van der Waals surface area contributed by atoms with E-state index in [0.29, 0.717) is 0 Å². The summed E-state index contributed by atoms with van der Waals surface area (Å²) in [6.45, 7) is 2.13. The van der Waals surface area contributed by atoms with Crippen molar-refractivity contribution < 1.29 is 0 Å². The molecule has 10 aromatic rings. The summed E-state index contributed by atoms with van der Waals surface area (Å²) in [7, 11) is 0. The number of hydrogen-bond donors (Lipinski definition) is 0. The third kappa shape index (κ3) is 6.58. The number of aromatic nitrogens is 1. The quantitative estimate of drug-likeness (QED) is 0.151. The lowest BCUT2D eigenvalue weighted by Crippen LogP contribution is -2.09. The number of nitrogens with zero attached hydrogens (tertiary/aromatic N) is 2. The van der Waals surface area contributed by atoms with Crippen LogP contribution in [0.1, 0.15) is 5.56 Å². The number of para-hydroxylation sites is 1. The molecule has 9 aromatic carbocycles. The third-order valence-electron chi connectivity index (χ3n) is 11.1. The van der Waals surface area contributed by atoms with Crippen molar-refractivity contribution in [3.8, 4) is 50.2 Å². The summed E-state index contributed by atoms with van der Waals surface area (Å²) in [5.74, 6) is 0. The zero-order chi connectivity index (χ0) is 38.1. The molecule has 0 saturated carbocycles. The highest BCUT2D eigenvalue weighted by Crippen LogP contribution is 2.39. The van der Waals surface area contributed by atoms with E-state index in [4.69, 9.17) is 0 Å². The summed E-state index contributed by atoms with van der Waals surface area (Å²) in [4.78, 5) is 2.33. The van der Waals surface area contributed by atoms with Gasteiger partial charge in [0.1, 0.15) is 0 Å². The zero-order valence-electron chi connectivity index (χ0n) is 31.8. The van der Waals surface area contributed by atoms with E-state index in [9.17, 15) is 0 Å². The van der Waals surface area contributed by atoms with Gasteiger partial charge in [0.15, 0.2) is 0 Å². The predicted octanol–water partition coefficient (Wildman–Crippen LogP) is 15.2. The monoisotopic (exact) mass is 728 g/mol. The Morgan fingerprint density at radius 1 is 0.298 bits per heavy atom. The molecule has 0 aliphatic rings. The molecule has 270 valence electrons. The number of anilines is 3. The van der Waals surface area contributed by atoms with Gasteiger partial charge in [-0.05, 0) is 124 Å². The SMILES string of the molecule is Cc1ccc(N(c2ccc(-c3ccccc3)cc2)c2ccc(-c3cccc(-c4cccc(-n5c6ccccc6c6cc(-c7ccccc7)ccc65)c4)c3)cc2)cc1. The second kappa shape index (κ2) is 14.7. The minimum Gasteiger partial charge on any atom is -0.311 e. The van der Waals surface area contributed by atoms with Crippen molar-refractivity contribution in [1.29, 1.82) is 0 Å². The minimum atomic E-state index is 1.11. The summed E-state index contributed by atoms with van der Waals surface area (Å²) in [5, 5.41) is 2.51. The predicted molar refractivity (Wildman–Crippen MR) is 242 cm³/mol. The van der Waals surface area contributed by atoms with Crippen molar-refractivity contribution in [2.75, 3.05) is 4.90 Å². The zero-order valence-corrected chi connectivity index (χ0v) is 31.8. The van der Waals surface area contributed by atoms with Gasteiger partial charge in [-0.1, -0.05) is 157 Å². The van der Waals surface area contributed by atoms with Crippen molar-refractivity contribution in [2.45, 2.75) is 6.92 Å². The summed E-state index contributed by atoms with van der Waals surface area (Å²) in [6.07, 6.45) is 0. The Hall–Kier alpha value is -7.42. The summed E-state index contributed by atoms with van der Waals surface area (Å²) < 4.78 is 2.40. The lowest BCUT2D eigenvalue weighted by molar-refractivity contribution is 1.18. The summed E-state index contributed by atoms with van der Waals surface area (Å²) in [6, 6.07) is 81.2. The molecule has 57 heavy (non-hydrogen) atoms. The van der Waals surface area contributed by atoms with E-state index in [2.05, 4.69) is 241 Å². The molecule has 2 nitrogen and oxygen atoms in total. The van der Waals surface area contributed by atoms with Crippen LogP contribution in [0.25, 0.3) is 72.0 Å². The van der Waals surface area contributed by atoms with Crippen LogP contribution in [0.3, 0.4) is 0 Å². The second-order valence-electron chi connectivity index (χ2n) is 14.7. The third-order valence-corrected chi connectivity index (χ3v) is 11.1. The number of rotatable bonds is 8. The highest BCUT2D eigenvalue weighted by Gasteiger charge is 2.16. The Bertz CT molecular complexity index is 2980. The van der Waals surface area contributed by atoms with Gasteiger partial charge in [0.25, 0.3) is 0 Å².